The zero-order valence-electron chi connectivity index (χ0n) is 8.39. The van der Waals surface area contributed by atoms with Crippen LogP contribution in [0.3, 0.4) is 0 Å². The zero-order valence-corrected chi connectivity index (χ0v) is 12.0. The Hall–Kier alpha value is 0.310. The van der Waals surface area contributed by atoms with E-state index in [1.165, 1.54) is 6.42 Å². The molecule has 0 spiro atoms. The first-order chi connectivity index (χ1) is 5.58. The van der Waals surface area contributed by atoms with E-state index in [1.54, 1.807) is 5.57 Å². The molecule has 0 saturated heterocycles. The van der Waals surface area contributed by atoms with Gasteiger partial charge in [0, 0.05) is 0 Å². The van der Waals surface area contributed by atoms with Gasteiger partial charge in [-0.2, -0.15) is 0 Å². The first kappa shape index (κ1) is 10.4. The minimum absolute atomic E-state index is 0.484. The van der Waals surface area contributed by atoms with Crippen molar-refractivity contribution >= 4 is 0 Å². The molecular weight excluding hydrogens is 313 g/mol. The van der Waals surface area contributed by atoms with Crippen LogP contribution in [0.1, 0.15) is 20.3 Å². The fourth-order valence-corrected chi connectivity index (χ4v) is 7.10. The van der Waals surface area contributed by atoms with Crippen LogP contribution in [0.4, 0.5) is 0 Å². The van der Waals surface area contributed by atoms with E-state index in [2.05, 4.69) is 49.1 Å². The summed E-state index contributed by atoms with van der Waals surface area (Å²) >= 11 is -0.661. The van der Waals surface area contributed by atoms with Gasteiger partial charge in [0.25, 0.3) is 0 Å². The predicted molar refractivity (Wildman–Crippen MR) is 49.6 cm³/mol. The summed E-state index contributed by atoms with van der Waals surface area (Å²) in [6.45, 7) is 4.66. The quantitative estimate of drug-likeness (QED) is 0.720. The van der Waals surface area contributed by atoms with Crippen LogP contribution in [-0.2, 0) is 23.2 Å². The van der Waals surface area contributed by atoms with E-state index in [1.807, 2.05) is 0 Å². The van der Waals surface area contributed by atoms with E-state index in [0.717, 1.165) is 0 Å². The Labute approximate surface area is 87.3 Å². The standard InChI is InChI=1S/C8H11.C2H6N.Hf/c1-3-8-6-4-5-7(8)2;1-3-2;/h4-6H,3H2,1-2H3;1-2H3;/q;-1;+1. The molecule has 0 saturated carbocycles. The van der Waals surface area contributed by atoms with Gasteiger partial charge >= 0.3 is 87.4 Å². The maximum absolute atomic E-state index is 2.44. The SMILES string of the molecule is CCC1=CC=C[C]1(C)[Hf][N](C)C. The third-order valence-electron chi connectivity index (χ3n) is 2.23. The predicted octanol–water partition coefficient (Wildman–Crippen LogP) is 2.63. The van der Waals surface area contributed by atoms with Crippen LogP contribution in [-0.4, -0.2) is 17.0 Å². The number of hydrogen-bond acceptors (Lipinski definition) is 1. The Morgan fingerprint density at radius 1 is 1.50 bits per heavy atom. The summed E-state index contributed by atoms with van der Waals surface area (Å²) in [6, 6.07) is 0. The van der Waals surface area contributed by atoms with Gasteiger partial charge in [-0.3, -0.25) is 0 Å². The number of nitrogens with zero attached hydrogens (tertiary/aromatic N) is 1. The monoisotopic (exact) mass is 331 g/mol. The normalized spacial score (nSPS) is 27.9. The van der Waals surface area contributed by atoms with Crippen LogP contribution < -0.4 is 0 Å². The van der Waals surface area contributed by atoms with Crippen molar-refractivity contribution in [1.82, 2.24) is 2.89 Å². The minimum atomic E-state index is -0.661. The number of rotatable bonds is 3. The summed E-state index contributed by atoms with van der Waals surface area (Å²) in [5.41, 5.74) is 1.64. The van der Waals surface area contributed by atoms with Crippen molar-refractivity contribution in [3.63, 3.8) is 0 Å². The summed E-state index contributed by atoms with van der Waals surface area (Å²) < 4.78 is 2.93. The fraction of sp³-hybridized carbons (Fsp3) is 0.600. The molecule has 0 aliphatic heterocycles. The summed E-state index contributed by atoms with van der Waals surface area (Å²) in [4.78, 5) is 0. The van der Waals surface area contributed by atoms with Crippen molar-refractivity contribution < 1.29 is 23.2 Å². The molecule has 0 aromatic carbocycles. The third-order valence-corrected chi connectivity index (χ3v) is 7.26. The molecule has 0 heterocycles. The molecule has 0 radical (unpaired) electrons. The Morgan fingerprint density at radius 3 is 2.67 bits per heavy atom. The van der Waals surface area contributed by atoms with Crippen molar-refractivity contribution in [2.75, 3.05) is 14.1 Å². The number of allylic oxidation sites excluding steroid dienone is 4. The van der Waals surface area contributed by atoms with Crippen LogP contribution in [0.2, 0.25) is 3.17 Å². The van der Waals surface area contributed by atoms with E-state index in [4.69, 9.17) is 0 Å². The topological polar surface area (TPSA) is 3.24 Å². The molecule has 0 amide bonds. The molecular formula is C10H17HfN. The Morgan fingerprint density at radius 2 is 2.17 bits per heavy atom. The van der Waals surface area contributed by atoms with Gasteiger partial charge in [0.05, 0.1) is 0 Å². The van der Waals surface area contributed by atoms with Gasteiger partial charge in [0.2, 0.25) is 0 Å². The van der Waals surface area contributed by atoms with Gasteiger partial charge < -0.3 is 0 Å². The maximum atomic E-state index is 2.44. The first-order valence-electron chi connectivity index (χ1n) is 4.42. The summed E-state index contributed by atoms with van der Waals surface area (Å²) in [6.07, 6.45) is 8.14. The molecule has 1 rings (SSSR count). The second kappa shape index (κ2) is 4.01. The Balaban J connectivity index is 2.71. The fourth-order valence-electron chi connectivity index (χ4n) is 1.70. The summed E-state index contributed by atoms with van der Waals surface area (Å²) in [5.74, 6) is 0. The molecule has 0 fully saturated rings. The Kier molecular flexibility index (Phi) is 3.47. The average Bonchev–Trinajstić information content (AvgIpc) is 2.28. The van der Waals surface area contributed by atoms with Gasteiger partial charge in [-0.1, -0.05) is 0 Å². The Bertz CT molecular complexity index is 218. The van der Waals surface area contributed by atoms with Crippen LogP contribution in [0, 0.1) is 0 Å². The van der Waals surface area contributed by atoms with E-state index >= 15 is 0 Å². The molecule has 1 atom stereocenters. The average molecular weight is 330 g/mol. The van der Waals surface area contributed by atoms with E-state index in [9.17, 15) is 0 Å². The molecule has 0 N–H and O–H groups in total. The van der Waals surface area contributed by atoms with Crippen molar-refractivity contribution in [1.29, 1.82) is 0 Å². The van der Waals surface area contributed by atoms with Crippen LogP contribution in [0.25, 0.3) is 0 Å². The molecule has 0 aromatic heterocycles. The van der Waals surface area contributed by atoms with Gasteiger partial charge in [-0.05, 0) is 0 Å². The molecule has 12 heavy (non-hydrogen) atoms. The van der Waals surface area contributed by atoms with Crippen LogP contribution in [0.5, 0.6) is 0 Å². The molecule has 0 bridgehead atoms. The summed E-state index contributed by atoms with van der Waals surface area (Å²) in [5, 5.41) is 0. The van der Waals surface area contributed by atoms with E-state index in [-0.39, 0.29) is 0 Å². The van der Waals surface area contributed by atoms with Gasteiger partial charge in [0.1, 0.15) is 0 Å². The van der Waals surface area contributed by atoms with Crippen molar-refractivity contribution in [2.45, 2.75) is 23.4 Å². The second-order valence-electron chi connectivity index (χ2n) is 3.61. The summed E-state index contributed by atoms with van der Waals surface area (Å²) in [7, 11) is 4.43. The number of hydrogen-bond donors (Lipinski definition) is 0. The second-order valence-corrected chi connectivity index (χ2v) is 11.4. The molecule has 1 nitrogen and oxygen atoms in total. The van der Waals surface area contributed by atoms with Crippen LogP contribution >= 0.6 is 0 Å². The van der Waals surface area contributed by atoms with Crippen molar-refractivity contribution in [3.05, 3.63) is 23.8 Å². The van der Waals surface area contributed by atoms with Crippen LogP contribution in [0.15, 0.2) is 23.8 Å². The molecule has 2 heteroatoms. The molecule has 1 unspecified atom stereocenters. The van der Waals surface area contributed by atoms with Crippen molar-refractivity contribution in [3.8, 4) is 0 Å². The molecule has 1 aliphatic carbocycles. The molecule has 1 aliphatic rings. The van der Waals surface area contributed by atoms with E-state index in [0.29, 0.717) is 3.17 Å². The molecule has 0 aromatic rings. The molecule has 66 valence electrons. The van der Waals surface area contributed by atoms with Gasteiger partial charge in [-0.25, -0.2) is 0 Å². The van der Waals surface area contributed by atoms with E-state index < -0.39 is 23.2 Å². The zero-order chi connectivity index (χ0) is 9.19. The third kappa shape index (κ3) is 2.17. The van der Waals surface area contributed by atoms with Gasteiger partial charge in [-0.15, -0.1) is 0 Å². The first-order valence-corrected chi connectivity index (χ1v) is 7.83. The van der Waals surface area contributed by atoms with Crippen molar-refractivity contribution in [2.24, 2.45) is 0 Å². The van der Waals surface area contributed by atoms with Gasteiger partial charge in [0.15, 0.2) is 0 Å².